The van der Waals surface area contributed by atoms with Crippen LogP contribution in [0.3, 0.4) is 0 Å². The molecule has 0 aliphatic carbocycles. The molecule has 0 unspecified atom stereocenters. The van der Waals surface area contributed by atoms with E-state index in [2.05, 4.69) is 0 Å². The van der Waals surface area contributed by atoms with Gasteiger partial charge in [-0.15, -0.1) is 0 Å². The predicted molar refractivity (Wildman–Crippen MR) is 84.9 cm³/mol. The summed E-state index contributed by atoms with van der Waals surface area (Å²) in [7, 11) is 0. The van der Waals surface area contributed by atoms with E-state index in [9.17, 15) is 14.9 Å². The molecule has 0 saturated heterocycles. The van der Waals surface area contributed by atoms with Crippen LogP contribution in [0.2, 0.25) is 0 Å². The number of carbonyl (C=O) groups excluding carboxylic acids is 1. The van der Waals surface area contributed by atoms with Crippen LogP contribution in [0, 0.1) is 30.9 Å². The van der Waals surface area contributed by atoms with Gasteiger partial charge in [0.05, 0.1) is 4.92 Å². The lowest BCUT2D eigenvalue weighted by molar-refractivity contribution is -0.384. The second kappa shape index (κ2) is 6.91. The van der Waals surface area contributed by atoms with Crippen molar-refractivity contribution in [2.45, 2.75) is 20.8 Å². The Bertz CT molecular complexity index is 734. The first-order valence-electron chi connectivity index (χ1n) is 7.02. The zero-order valence-electron chi connectivity index (χ0n) is 13.2. The number of nitro benzene ring substituents is 1. The Morgan fingerprint density at radius 1 is 1.09 bits per heavy atom. The van der Waals surface area contributed by atoms with Crippen molar-refractivity contribution in [1.82, 2.24) is 0 Å². The maximum absolute atomic E-state index is 11.8. The van der Waals surface area contributed by atoms with Crippen LogP contribution in [0.1, 0.15) is 16.7 Å². The van der Waals surface area contributed by atoms with Gasteiger partial charge in [-0.3, -0.25) is 10.1 Å². The molecule has 0 aromatic heterocycles. The van der Waals surface area contributed by atoms with E-state index in [-0.39, 0.29) is 12.3 Å². The van der Waals surface area contributed by atoms with Crippen LogP contribution in [0.25, 0.3) is 0 Å². The Kier molecular flexibility index (Phi) is 4.95. The highest BCUT2D eigenvalue weighted by Gasteiger charge is 2.11. The monoisotopic (exact) mass is 315 g/mol. The number of esters is 1. The number of nitro groups is 1. The Morgan fingerprint density at radius 2 is 1.74 bits per heavy atom. The molecule has 0 aliphatic heterocycles. The lowest BCUT2D eigenvalue weighted by atomic mass is 10.1. The molecule has 6 heteroatoms. The zero-order chi connectivity index (χ0) is 17.0. The molecule has 2 aromatic rings. The molecule has 6 nitrogen and oxygen atoms in total. The number of rotatable bonds is 5. The molecule has 0 bridgehead atoms. The van der Waals surface area contributed by atoms with Crippen LogP contribution in [0.15, 0.2) is 36.4 Å². The fourth-order valence-corrected chi connectivity index (χ4v) is 2.20. The van der Waals surface area contributed by atoms with Gasteiger partial charge in [-0.1, -0.05) is 6.07 Å². The van der Waals surface area contributed by atoms with Crippen molar-refractivity contribution < 1.29 is 19.2 Å². The minimum Gasteiger partial charge on any atom is -0.482 e. The molecule has 2 rings (SSSR count). The molecule has 0 radical (unpaired) electrons. The molecule has 120 valence electrons. The van der Waals surface area contributed by atoms with Crippen LogP contribution in [-0.4, -0.2) is 17.5 Å². The number of nitrogens with zero attached hydrogens (tertiary/aromatic N) is 1. The fraction of sp³-hybridized carbons (Fsp3) is 0.235. The molecule has 23 heavy (non-hydrogen) atoms. The number of carbonyl (C=O) groups is 1. The van der Waals surface area contributed by atoms with Crippen LogP contribution in [0.5, 0.6) is 11.5 Å². The molecule has 0 heterocycles. The molecule has 0 N–H and O–H groups in total. The van der Waals surface area contributed by atoms with Gasteiger partial charge in [0.15, 0.2) is 6.61 Å². The second-order valence-corrected chi connectivity index (χ2v) is 5.29. The summed E-state index contributed by atoms with van der Waals surface area (Å²) in [6.07, 6.45) is 0. The Balaban J connectivity index is 1.98. The number of aryl methyl sites for hydroxylation is 3. The van der Waals surface area contributed by atoms with E-state index >= 15 is 0 Å². The topological polar surface area (TPSA) is 78.7 Å². The highest BCUT2D eigenvalue weighted by atomic mass is 16.6. The van der Waals surface area contributed by atoms with Crippen molar-refractivity contribution >= 4 is 11.7 Å². The van der Waals surface area contributed by atoms with Gasteiger partial charge in [-0.2, -0.15) is 0 Å². The molecular formula is C17H17NO5. The van der Waals surface area contributed by atoms with Gasteiger partial charge in [-0.05, 0) is 55.7 Å². The van der Waals surface area contributed by atoms with E-state index in [1.54, 1.807) is 19.1 Å². The molecule has 2 aromatic carbocycles. The fourth-order valence-electron chi connectivity index (χ4n) is 2.20. The predicted octanol–water partition coefficient (Wildman–Crippen LogP) is 3.50. The van der Waals surface area contributed by atoms with E-state index < -0.39 is 10.9 Å². The lowest BCUT2D eigenvalue weighted by Crippen LogP contribution is -2.18. The van der Waals surface area contributed by atoms with E-state index in [0.29, 0.717) is 17.1 Å². The smallest absolute Gasteiger partial charge is 0.349 e. The standard InChI is InChI=1S/C17H17NO5/c1-11-6-12(2)8-15(7-11)23-17(19)10-22-16-5-4-14(18(20)21)9-13(16)3/h4-9H,10H2,1-3H3. The van der Waals surface area contributed by atoms with Gasteiger partial charge >= 0.3 is 5.97 Å². The minimum absolute atomic E-state index is 0.0207. The van der Waals surface area contributed by atoms with Crippen LogP contribution < -0.4 is 9.47 Å². The number of benzene rings is 2. The summed E-state index contributed by atoms with van der Waals surface area (Å²) in [4.78, 5) is 22.0. The molecule has 0 aliphatic rings. The third-order valence-electron chi connectivity index (χ3n) is 3.14. The van der Waals surface area contributed by atoms with Crippen molar-refractivity contribution in [3.63, 3.8) is 0 Å². The third-order valence-corrected chi connectivity index (χ3v) is 3.14. The largest absolute Gasteiger partial charge is 0.482 e. The van der Waals surface area contributed by atoms with Gasteiger partial charge in [0.1, 0.15) is 11.5 Å². The summed E-state index contributed by atoms with van der Waals surface area (Å²) >= 11 is 0. The normalized spacial score (nSPS) is 10.2. The Morgan fingerprint density at radius 3 is 2.30 bits per heavy atom. The molecule has 0 amide bonds. The van der Waals surface area contributed by atoms with Crippen LogP contribution >= 0.6 is 0 Å². The van der Waals surface area contributed by atoms with E-state index in [0.717, 1.165) is 11.1 Å². The Hall–Kier alpha value is -2.89. The molecule has 0 spiro atoms. The molecule has 0 atom stereocenters. The second-order valence-electron chi connectivity index (χ2n) is 5.29. The van der Waals surface area contributed by atoms with Crippen molar-refractivity contribution in [2.75, 3.05) is 6.61 Å². The lowest BCUT2D eigenvalue weighted by Gasteiger charge is -2.09. The van der Waals surface area contributed by atoms with Crippen molar-refractivity contribution in [1.29, 1.82) is 0 Å². The number of hydrogen-bond acceptors (Lipinski definition) is 5. The number of ether oxygens (including phenoxy) is 2. The average molecular weight is 315 g/mol. The highest BCUT2D eigenvalue weighted by molar-refractivity contribution is 5.74. The third kappa shape index (κ3) is 4.54. The van der Waals surface area contributed by atoms with E-state index in [4.69, 9.17) is 9.47 Å². The molecular weight excluding hydrogens is 298 g/mol. The van der Waals surface area contributed by atoms with E-state index in [1.165, 1.54) is 18.2 Å². The van der Waals surface area contributed by atoms with Gasteiger partial charge < -0.3 is 9.47 Å². The summed E-state index contributed by atoms with van der Waals surface area (Å²) in [6.45, 7) is 5.24. The van der Waals surface area contributed by atoms with Gasteiger partial charge in [0.25, 0.3) is 5.69 Å². The zero-order valence-corrected chi connectivity index (χ0v) is 13.2. The molecule has 0 saturated carbocycles. The van der Waals surface area contributed by atoms with Crippen molar-refractivity contribution in [3.8, 4) is 11.5 Å². The summed E-state index contributed by atoms with van der Waals surface area (Å²) < 4.78 is 10.6. The van der Waals surface area contributed by atoms with Crippen molar-refractivity contribution in [3.05, 3.63) is 63.2 Å². The summed E-state index contributed by atoms with van der Waals surface area (Å²) in [5.41, 5.74) is 2.56. The first-order valence-corrected chi connectivity index (χ1v) is 7.02. The number of hydrogen-bond donors (Lipinski definition) is 0. The quantitative estimate of drug-likeness (QED) is 0.365. The minimum atomic E-state index is -0.534. The maximum atomic E-state index is 11.8. The van der Waals surface area contributed by atoms with Gasteiger partial charge in [0.2, 0.25) is 0 Å². The van der Waals surface area contributed by atoms with Crippen molar-refractivity contribution in [2.24, 2.45) is 0 Å². The van der Waals surface area contributed by atoms with Crippen LogP contribution in [-0.2, 0) is 4.79 Å². The van der Waals surface area contributed by atoms with Gasteiger partial charge in [-0.25, -0.2) is 4.79 Å². The molecule has 0 fully saturated rings. The van der Waals surface area contributed by atoms with Crippen LogP contribution in [0.4, 0.5) is 5.69 Å². The highest BCUT2D eigenvalue weighted by Crippen LogP contribution is 2.23. The SMILES string of the molecule is Cc1cc(C)cc(OC(=O)COc2ccc([N+](=O)[O-])cc2C)c1. The first kappa shape index (κ1) is 16.5. The van der Waals surface area contributed by atoms with Gasteiger partial charge in [0, 0.05) is 12.1 Å². The Labute approximate surface area is 133 Å². The summed E-state index contributed by atoms with van der Waals surface area (Å²) in [5.74, 6) is 0.345. The summed E-state index contributed by atoms with van der Waals surface area (Å²) in [5, 5.41) is 10.7. The van der Waals surface area contributed by atoms with E-state index in [1.807, 2.05) is 19.9 Å². The average Bonchev–Trinajstić information content (AvgIpc) is 2.44. The summed E-state index contributed by atoms with van der Waals surface area (Å²) in [6, 6.07) is 9.71. The first-order chi connectivity index (χ1) is 10.8. The maximum Gasteiger partial charge on any atom is 0.349 e. The number of non-ortho nitro benzene ring substituents is 1.